The Balaban J connectivity index is 2.28. The zero-order valence-electron chi connectivity index (χ0n) is 12.4. The average molecular weight is 263 g/mol. The summed E-state index contributed by atoms with van der Waals surface area (Å²) in [6.07, 6.45) is 2.06. The van der Waals surface area contributed by atoms with Crippen molar-refractivity contribution in [1.29, 1.82) is 0 Å². The fourth-order valence-corrected chi connectivity index (χ4v) is 2.42. The quantitative estimate of drug-likeness (QED) is 0.888. The van der Waals surface area contributed by atoms with Gasteiger partial charge >= 0.3 is 0 Å². The molecule has 1 aromatic carbocycles. The Bertz CT molecular complexity index is 443. The SMILES string of the molecule is CCOc1cc2c(cc1CC(N)C(C)C)OC(C)C2. The number of hydrogen-bond acceptors (Lipinski definition) is 3. The number of rotatable bonds is 5. The van der Waals surface area contributed by atoms with E-state index in [0.29, 0.717) is 12.5 Å². The van der Waals surface area contributed by atoms with Gasteiger partial charge in [-0.1, -0.05) is 13.8 Å². The third kappa shape index (κ3) is 3.21. The lowest BCUT2D eigenvalue weighted by molar-refractivity contribution is 0.254. The summed E-state index contributed by atoms with van der Waals surface area (Å²) >= 11 is 0. The monoisotopic (exact) mass is 263 g/mol. The van der Waals surface area contributed by atoms with Crippen LogP contribution in [0.25, 0.3) is 0 Å². The summed E-state index contributed by atoms with van der Waals surface area (Å²) in [5, 5.41) is 0. The number of ether oxygens (including phenoxy) is 2. The van der Waals surface area contributed by atoms with Crippen LogP contribution in [0.5, 0.6) is 11.5 Å². The topological polar surface area (TPSA) is 44.5 Å². The van der Waals surface area contributed by atoms with Crippen LogP contribution in [0.2, 0.25) is 0 Å². The standard InChI is InChI=1S/C16H25NO2/c1-5-18-15-8-12-6-11(4)19-16(12)9-13(15)7-14(17)10(2)3/h8-11,14H,5-7,17H2,1-4H3. The minimum absolute atomic E-state index is 0.149. The molecule has 2 unspecified atom stereocenters. The zero-order valence-corrected chi connectivity index (χ0v) is 12.4. The largest absolute Gasteiger partial charge is 0.494 e. The highest BCUT2D eigenvalue weighted by atomic mass is 16.5. The molecule has 0 spiro atoms. The van der Waals surface area contributed by atoms with E-state index < -0.39 is 0 Å². The smallest absolute Gasteiger partial charge is 0.123 e. The minimum atomic E-state index is 0.149. The van der Waals surface area contributed by atoms with E-state index in [2.05, 4.69) is 32.9 Å². The summed E-state index contributed by atoms with van der Waals surface area (Å²) in [5.41, 5.74) is 8.60. The van der Waals surface area contributed by atoms with Gasteiger partial charge in [-0.25, -0.2) is 0 Å². The predicted octanol–water partition coefficient (Wildman–Crippen LogP) is 2.93. The van der Waals surface area contributed by atoms with Crippen molar-refractivity contribution < 1.29 is 9.47 Å². The molecule has 19 heavy (non-hydrogen) atoms. The summed E-state index contributed by atoms with van der Waals surface area (Å²) in [4.78, 5) is 0. The highest BCUT2D eigenvalue weighted by Gasteiger charge is 2.22. The minimum Gasteiger partial charge on any atom is -0.494 e. The van der Waals surface area contributed by atoms with E-state index in [4.69, 9.17) is 15.2 Å². The van der Waals surface area contributed by atoms with E-state index in [1.165, 1.54) is 5.56 Å². The lowest BCUT2D eigenvalue weighted by Gasteiger charge is -2.18. The molecule has 106 valence electrons. The summed E-state index contributed by atoms with van der Waals surface area (Å²) in [5.74, 6) is 2.43. The maximum atomic E-state index is 6.19. The second-order valence-electron chi connectivity index (χ2n) is 5.75. The molecule has 1 heterocycles. The third-order valence-electron chi connectivity index (χ3n) is 3.69. The van der Waals surface area contributed by atoms with E-state index in [1.54, 1.807) is 0 Å². The van der Waals surface area contributed by atoms with E-state index >= 15 is 0 Å². The molecular formula is C16H25NO2. The van der Waals surface area contributed by atoms with Crippen LogP contribution >= 0.6 is 0 Å². The molecule has 0 saturated carbocycles. The molecule has 0 radical (unpaired) electrons. The molecule has 0 saturated heterocycles. The van der Waals surface area contributed by atoms with Crippen LogP contribution in [0.1, 0.15) is 38.8 Å². The van der Waals surface area contributed by atoms with Crippen LogP contribution in [-0.4, -0.2) is 18.8 Å². The summed E-state index contributed by atoms with van der Waals surface area (Å²) < 4.78 is 11.6. The highest BCUT2D eigenvalue weighted by Crippen LogP contribution is 2.35. The van der Waals surface area contributed by atoms with E-state index in [9.17, 15) is 0 Å². The van der Waals surface area contributed by atoms with Gasteiger partial charge in [0.1, 0.15) is 17.6 Å². The molecule has 0 aromatic heterocycles. The van der Waals surface area contributed by atoms with Crippen molar-refractivity contribution in [2.24, 2.45) is 11.7 Å². The van der Waals surface area contributed by atoms with Crippen LogP contribution in [0.15, 0.2) is 12.1 Å². The van der Waals surface area contributed by atoms with Gasteiger partial charge in [-0.15, -0.1) is 0 Å². The first kappa shape index (κ1) is 14.2. The Morgan fingerprint density at radius 1 is 1.42 bits per heavy atom. The Labute approximate surface area is 116 Å². The normalized spacial score (nSPS) is 19.2. The van der Waals surface area contributed by atoms with E-state index in [-0.39, 0.29) is 12.1 Å². The maximum absolute atomic E-state index is 6.19. The van der Waals surface area contributed by atoms with Gasteiger partial charge in [0.2, 0.25) is 0 Å². The molecule has 0 aliphatic carbocycles. The molecule has 1 aromatic rings. The molecule has 0 amide bonds. The Hall–Kier alpha value is -1.22. The lowest BCUT2D eigenvalue weighted by atomic mass is 9.95. The van der Waals surface area contributed by atoms with Gasteiger partial charge in [0, 0.05) is 18.0 Å². The van der Waals surface area contributed by atoms with Gasteiger partial charge in [0.05, 0.1) is 6.61 Å². The van der Waals surface area contributed by atoms with Crippen LogP contribution in [0.3, 0.4) is 0 Å². The summed E-state index contributed by atoms with van der Waals surface area (Å²) in [6, 6.07) is 4.40. The van der Waals surface area contributed by atoms with Crippen LogP contribution in [0.4, 0.5) is 0 Å². The number of fused-ring (bicyclic) bond motifs is 1. The zero-order chi connectivity index (χ0) is 14.0. The van der Waals surface area contributed by atoms with Gasteiger partial charge in [-0.3, -0.25) is 0 Å². The fraction of sp³-hybridized carbons (Fsp3) is 0.625. The molecule has 2 rings (SSSR count). The molecule has 0 fully saturated rings. The first-order valence-corrected chi connectivity index (χ1v) is 7.22. The number of hydrogen-bond donors (Lipinski definition) is 1. The van der Waals surface area contributed by atoms with E-state index in [0.717, 1.165) is 29.9 Å². The molecule has 2 N–H and O–H groups in total. The summed E-state index contributed by atoms with van der Waals surface area (Å²) in [6.45, 7) is 9.09. The van der Waals surface area contributed by atoms with Crippen molar-refractivity contribution in [3.63, 3.8) is 0 Å². The van der Waals surface area contributed by atoms with Gasteiger partial charge < -0.3 is 15.2 Å². The van der Waals surface area contributed by atoms with Gasteiger partial charge in [-0.2, -0.15) is 0 Å². The van der Waals surface area contributed by atoms with Crippen molar-refractivity contribution in [3.05, 3.63) is 23.3 Å². The third-order valence-corrected chi connectivity index (χ3v) is 3.69. The Morgan fingerprint density at radius 2 is 2.16 bits per heavy atom. The summed E-state index contributed by atoms with van der Waals surface area (Å²) in [7, 11) is 0. The molecule has 0 bridgehead atoms. The number of nitrogens with two attached hydrogens (primary N) is 1. The van der Waals surface area contributed by atoms with Crippen molar-refractivity contribution >= 4 is 0 Å². The van der Waals surface area contributed by atoms with Crippen molar-refractivity contribution in [1.82, 2.24) is 0 Å². The second kappa shape index (κ2) is 5.83. The highest BCUT2D eigenvalue weighted by molar-refractivity contribution is 5.49. The molecule has 1 aliphatic rings. The van der Waals surface area contributed by atoms with Crippen LogP contribution in [0, 0.1) is 5.92 Å². The molecule has 2 atom stereocenters. The molecular weight excluding hydrogens is 238 g/mol. The fourth-order valence-electron chi connectivity index (χ4n) is 2.42. The predicted molar refractivity (Wildman–Crippen MR) is 77.9 cm³/mol. The first-order valence-electron chi connectivity index (χ1n) is 7.22. The van der Waals surface area contributed by atoms with E-state index in [1.807, 2.05) is 6.92 Å². The van der Waals surface area contributed by atoms with Crippen molar-refractivity contribution in [2.45, 2.75) is 52.7 Å². The van der Waals surface area contributed by atoms with Crippen LogP contribution < -0.4 is 15.2 Å². The Morgan fingerprint density at radius 3 is 2.79 bits per heavy atom. The van der Waals surface area contributed by atoms with Gasteiger partial charge in [-0.05, 0) is 43.9 Å². The number of benzene rings is 1. The molecule has 3 nitrogen and oxygen atoms in total. The lowest BCUT2D eigenvalue weighted by Crippen LogP contribution is -2.29. The van der Waals surface area contributed by atoms with Crippen molar-refractivity contribution in [3.8, 4) is 11.5 Å². The maximum Gasteiger partial charge on any atom is 0.123 e. The molecule has 3 heteroatoms. The first-order chi connectivity index (χ1) is 9.01. The molecule has 1 aliphatic heterocycles. The van der Waals surface area contributed by atoms with Crippen LogP contribution in [-0.2, 0) is 12.8 Å². The second-order valence-corrected chi connectivity index (χ2v) is 5.75. The van der Waals surface area contributed by atoms with Gasteiger partial charge in [0.25, 0.3) is 0 Å². The Kier molecular flexibility index (Phi) is 4.35. The van der Waals surface area contributed by atoms with Crippen molar-refractivity contribution in [2.75, 3.05) is 6.61 Å². The van der Waals surface area contributed by atoms with Gasteiger partial charge in [0.15, 0.2) is 0 Å². The average Bonchev–Trinajstić information content (AvgIpc) is 2.68.